The third-order valence-corrected chi connectivity index (χ3v) is 5.82. The van der Waals surface area contributed by atoms with Crippen molar-refractivity contribution < 1.29 is 14.3 Å². The van der Waals surface area contributed by atoms with Crippen LogP contribution in [0, 0.1) is 0 Å². The summed E-state index contributed by atoms with van der Waals surface area (Å²) in [5.41, 5.74) is 2.93. The molecule has 0 bridgehead atoms. The van der Waals surface area contributed by atoms with Gasteiger partial charge < -0.3 is 14.5 Å². The second kappa shape index (κ2) is 12.3. The van der Waals surface area contributed by atoms with Crippen LogP contribution in [0.3, 0.4) is 0 Å². The molecule has 0 N–H and O–H groups in total. The predicted molar refractivity (Wildman–Crippen MR) is 124 cm³/mol. The van der Waals surface area contributed by atoms with Crippen LogP contribution in [-0.4, -0.2) is 43.5 Å². The first kappa shape index (κ1) is 23.0. The van der Waals surface area contributed by atoms with E-state index in [-0.39, 0.29) is 18.4 Å². The molecule has 3 rings (SSSR count). The molecule has 31 heavy (non-hydrogen) atoms. The smallest absolute Gasteiger partial charge is 0.252 e. The lowest BCUT2D eigenvalue weighted by Gasteiger charge is -2.28. The molecule has 166 valence electrons. The molecule has 2 amide bonds. The highest BCUT2D eigenvalue weighted by atomic mass is 16.5. The number of anilines is 1. The Hall–Kier alpha value is -2.66. The van der Waals surface area contributed by atoms with Gasteiger partial charge in [-0.25, -0.2) is 0 Å². The van der Waals surface area contributed by atoms with Crippen LogP contribution in [0.4, 0.5) is 5.69 Å². The number of amides is 2. The van der Waals surface area contributed by atoms with Gasteiger partial charge in [0.15, 0.2) is 0 Å². The second-order valence-electron chi connectivity index (χ2n) is 8.21. The highest BCUT2D eigenvalue weighted by Crippen LogP contribution is 2.24. The number of benzene rings is 2. The summed E-state index contributed by atoms with van der Waals surface area (Å²) in [6.45, 7) is 1.99. The summed E-state index contributed by atoms with van der Waals surface area (Å²) in [6, 6.07) is 17.9. The second-order valence-corrected chi connectivity index (χ2v) is 8.21. The number of fused-ring (bicyclic) bond motifs is 1. The highest BCUT2D eigenvalue weighted by Gasteiger charge is 2.21. The van der Waals surface area contributed by atoms with E-state index in [2.05, 4.69) is 0 Å². The number of carbonyl (C=O) groups excluding carboxylic acids is 2. The van der Waals surface area contributed by atoms with Gasteiger partial charge in [0, 0.05) is 32.4 Å². The Kier molecular flexibility index (Phi) is 9.10. The van der Waals surface area contributed by atoms with Crippen LogP contribution >= 0.6 is 0 Å². The Morgan fingerprint density at radius 3 is 2.19 bits per heavy atom. The van der Waals surface area contributed by atoms with Gasteiger partial charge >= 0.3 is 0 Å². The molecule has 0 saturated carbocycles. The molecule has 0 aliphatic carbocycles. The van der Waals surface area contributed by atoms with E-state index in [1.165, 1.54) is 6.42 Å². The van der Waals surface area contributed by atoms with Crippen molar-refractivity contribution in [1.82, 2.24) is 4.90 Å². The van der Waals surface area contributed by atoms with E-state index in [0.29, 0.717) is 19.5 Å². The summed E-state index contributed by atoms with van der Waals surface area (Å²) in [7, 11) is 1.55. The van der Waals surface area contributed by atoms with Crippen LogP contribution in [0.5, 0.6) is 0 Å². The zero-order valence-corrected chi connectivity index (χ0v) is 18.6. The van der Waals surface area contributed by atoms with E-state index in [9.17, 15) is 9.59 Å². The number of ether oxygens (including phenoxy) is 1. The van der Waals surface area contributed by atoms with Crippen LogP contribution in [-0.2, 0) is 27.3 Å². The van der Waals surface area contributed by atoms with Crippen molar-refractivity contribution in [3.63, 3.8) is 0 Å². The molecule has 5 heteroatoms. The van der Waals surface area contributed by atoms with Crippen LogP contribution in [0.2, 0.25) is 0 Å². The van der Waals surface area contributed by atoms with E-state index in [4.69, 9.17) is 4.74 Å². The Morgan fingerprint density at radius 2 is 1.45 bits per heavy atom. The summed E-state index contributed by atoms with van der Waals surface area (Å²) in [5.74, 6) is 0.0950. The minimum Gasteiger partial charge on any atom is -0.375 e. The molecule has 1 aliphatic heterocycles. The molecule has 0 aromatic heterocycles. The van der Waals surface area contributed by atoms with Crippen molar-refractivity contribution in [1.29, 1.82) is 0 Å². The van der Waals surface area contributed by atoms with E-state index in [1.54, 1.807) is 7.11 Å². The van der Waals surface area contributed by atoms with Crippen molar-refractivity contribution in [3.8, 4) is 0 Å². The van der Waals surface area contributed by atoms with Gasteiger partial charge in [0.25, 0.3) is 5.91 Å². The molecule has 0 fully saturated rings. The number of para-hydroxylation sites is 1. The van der Waals surface area contributed by atoms with Gasteiger partial charge in [0.05, 0.1) is 6.42 Å². The Bertz CT molecular complexity index is 838. The molecule has 0 saturated heterocycles. The largest absolute Gasteiger partial charge is 0.375 e. The number of methoxy groups -OCH3 is 1. The van der Waals surface area contributed by atoms with Gasteiger partial charge in [-0.1, -0.05) is 74.2 Å². The topological polar surface area (TPSA) is 49.9 Å². The molecule has 0 unspecified atom stereocenters. The zero-order chi connectivity index (χ0) is 21.9. The van der Waals surface area contributed by atoms with Crippen molar-refractivity contribution in [3.05, 3.63) is 65.7 Å². The van der Waals surface area contributed by atoms with E-state index < -0.39 is 0 Å². The number of hydrogen-bond acceptors (Lipinski definition) is 3. The van der Waals surface area contributed by atoms with Crippen molar-refractivity contribution in [2.24, 2.45) is 0 Å². The maximum absolute atomic E-state index is 13.2. The molecule has 0 atom stereocenters. The average Bonchev–Trinajstić information content (AvgIpc) is 2.80. The monoisotopic (exact) mass is 422 g/mol. The molecular formula is C26H34N2O3. The van der Waals surface area contributed by atoms with E-state index >= 15 is 0 Å². The fourth-order valence-electron chi connectivity index (χ4n) is 4.15. The normalized spacial score (nSPS) is 15.9. The number of rotatable bonds is 4. The standard InChI is InChI=1S/C26H34N2O3/c1-31-21-26(30)28-18-12-5-3-2-4-11-17-27(20-23-15-9-10-16-24(23)28)25(29)19-22-13-7-6-8-14-22/h6-10,13-16H,2-5,11-12,17-21H2,1H3. The van der Waals surface area contributed by atoms with Crippen molar-refractivity contribution in [2.45, 2.75) is 51.5 Å². The summed E-state index contributed by atoms with van der Waals surface area (Å²) in [5, 5.41) is 0. The first-order valence-corrected chi connectivity index (χ1v) is 11.4. The maximum Gasteiger partial charge on any atom is 0.252 e. The molecular weight excluding hydrogens is 388 g/mol. The fourth-order valence-corrected chi connectivity index (χ4v) is 4.15. The first-order chi connectivity index (χ1) is 15.2. The summed E-state index contributed by atoms with van der Waals surface area (Å²) < 4.78 is 5.13. The number of nitrogens with zero attached hydrogens (tertiary/aromatic N) is 2. The van der Waals surface area contributed by atoms with Gasteiger partial charge in [-0.15, -0.1) is 0 Å². The molecule has 1 heterocycles. The van der Waals surface area contributed by atoms with E-state index in [1.807, 2.05) is 64.4 Å². The average molecular weight is 423 g/mol. The Balaban J connectivity index is 1.87. The van der Waals surface area contributed by atoms with Gasteiger partial charge in [-0.3, -0.25) is 9.59 Å². The van der Waals surface area contributed by atoms with Crippen molar-refractivity contribution in [2.75, 3.05) is 31.7 Å². The van der Waals surface area contributed by atoms with Gasteiger partial charge in [0.2, 0.25) is 5.91 Å². The number of carbonyl (C=O) groups is 2. The van der Waals surface area contributed by atoms with Gasteiger partial charge in [0.1, 0.15) is 6.61 Å². The predicted octanol–water partition coefficient (Wildman–Crippen LogP) is 4.59. The minimum absolute atomic E-state index is 0.0352. The quantitative estimate of drug-likeness (QED) is 0.724. The fraction of sp³-hybridized carbons (Fsp3) is 0.462. The Morgan fingerprint density at radius 1 is 0.806 bits per heavy atom. The van der Waals surface area contributed by atoms with Crippen LogP contribution < -0.4 is 4.90 Å². The van der Waals surface area contributed by atoms with E-state index in [0.717, 1.165) is 55.5 Å². The summed E-state index contributed by atoms with van der Waals surface area (Å²) >= 11 is 0. The minimum atomic E-state index is -0.0352. The third kappa shape index (κ3) is 6.93. The Labute approximate surface area is 186 Å². The molecule has 0 radical (unpaired) electrons. The van der Waals surface area contributed by atoms with Gasteiger partial charge in [-0.2, -0.15) is 0 Å². The highest BCUT2D eigenvalue weighted by molar-refractivity contribution is 5.95. The third-order valence-electron chi connectivity index (χ3n) is 5.82. The van der Waals surface area contributed by atoms with Crippen molar-refractivity contribution >= 4 is 17.5 Å². The molecule has 1 aliphatic rings. The molecule has 2 aromatic rings. The van der Waals surface area contributed by atoms with Gasteiger partial charge in [-0.05, 0) is 30.0 Å². The lowest BCUT2D eigenvalue weighted by molar-refractivity contribution is -0.131. The maximum atomic E-state index is 13.2. The van der Waals surface area contributed by atoms with Crippen LogP contribution in [0.1, 0.15) is 49.7 Å². The lowest BCUT2D eigenvalue weighted by atomic mass is 10.1. The SMILES string of the molecule is COCC(=O)N1CCCCCCCCN(C(=O)Cc2ccccc2)Cc2ccccc21. The molecule has 0 spiro atoms. The van der Waals surface area contributed by atoms with Crippen LogP contribution in [0.15, 0.2) is 54.6 Å². The number of hydrogen-bond donors (Lipinski definition) is 0. The summed E-state index contributed by atoms with van der Waals surface area (Å²) in [6.07, 6.45) is 6.94. The lowest BCUT2D eigenvalue weighted by Crippen LogP contribution is -2.37. The zero-order valence-electron chi connectivity index (χ0n) is 18.6. The summed E-state index contributed by atoms with van der Waals surface area (Å²) in [4.78, 5) is 29.8. The molecule has 5 nitrogen and oxygen atoms in total. The molecule has 2 aromatic carbocycles. The van der Waals surface area contributed by atoms with Crippen LogP contribution in [0.25, 0.3) is 0 Å². The first-order valence-electron chi connectivity index (χ1n) is 11.4.